The summed E-state index contributed by atoms with van der Waals surface area (Å²) < 4.78 is 0. The summed E-state index contributed by atoms with van der Waals surface area (Å²) in [5.41, 5.74) is 0.641. The van der Waals surface area contributed by atoms with Crippen molar-refractivity contribution in [3.05, 3.63) is 35.9 Å². The predicted molar refractivity (Wildman–Crippen MR) is 80.8 cm³/mol. The van der Waals surface area contributed by atoms with Crippen molar-refractivity contribution in [2.75, 3.05) is 6.54 Å². The Kier molecular flexibility index (Phi) is 4.81. The minimum Gasteiger partial charge on any atom is -0.480 e. The first-order valence-corrected chi connectivity index (χ1v) is 7.58. The normalized spacial score (nSPS) is 25.3. The third-order valence-electron chi connectivity index (χ3n) is 4.63. The van der Waals surface area contributed by atoms with Gasteiger partial charge in [-0.05, 0) is 58.1 Å². The summed E-state index contributed by atoms with van der Waals surface area (Å²) in [5.74, 6) is -0.677. The molecule has 2 rings (SSSR count). The summed E-state index contributed by atoms with van der Waals surface area (Å²) in [5, 5.41) is 9.56. The smallest absolute Gasteiger partial charge is 0.323 e. The summed E-state index contributed by atoms with van der Waals surface area (Å²) in [6.45, 7) is 4.95. The molecule has 0 saturated carbocycles. The minimum atomic E-state index is -0.686. The Morgan fingerprint density at radius 1 is 1.35 bits per heavy atom. The molecule has 1 aromatic carbocycles. The molecule has 2 atom stereocenters. The van der Waals surface area contributed by atoms with Crippen LogP contribution >= 0.6 is 0 Å². The van der Waals surface area contributed by atoms with Gasteiger partial charge in [0.05, 0.1) is 0 Å². The Morgan fingerprint density at radius 2 is 2.05 bits per heavy atom. The van der Waals surface area contributed by atoms with Crippen LogP contribution in [0.5, 0.6) is 0 Å². The molecule has 1 aromatic rings. The van der Waals surface area contributed by atoms with Gasteiger partial charge in [-0.2, -0.15) is 0 Å². The molecule has 20 heavy (non-hydrogen) atoms. The van der Waals surface area contributed by atoms with Crippen molar-refractivity contribution in [3.63, 3.8) is 0 Å². The lowest BCUT2D eigenvalue weighted by atomic mass is 9.86. The molecule has 1 saturated heterocycles. The van der Waals surface area contributed by atoms with E-state index in [4.69, 9.17) is 0 Å². The van der Waals surface area contributed by atoms with Crippen LogP contribution in [0, 0.1) is 0 Å². The molecule has 2 unspecified atom stereocenters. The van der Waals surface area contributed by atoms with Gasteiger partial charge in [-0.3, -0.25) is 9.69 Å². The predicted octanol–water partition coefficient (Wildman–Crippen LogP) is 3.34. The van der Waals surface area contributed by atoms with Crippen molar-refractivity contribution in [2.45, 2.75) is 57.5 Å². The van der Waals surface area contributed by atoms with Crippen LogP contribution in [0.15, 0.2) is 30.3 Å². The Bertz CT molecular complexity index is 446. The van der Waals surface area contributed by atoms with Gasteiger partial charge in [-0.25, -0.2) is 0 Å². The second-order valence-corrected chi connectivity index (χ2v) is 6.10. The first kappa shape index (κ1) is 15.0. The van der Waals surface area contributed by atoms with E-state index in [2.05, 4.69) is 36.1 Å². The van der Waals surface area contributed by atoms with E-state index in [9.17, 15) is 9.90 Å². The zero-order valence-electron chi connectivity index (χ0n) is 12.5. The largest absolute Gasteiger partial charge is 0.480 e. The van der Waals surface area contributed by atoms with E-state index in [-0.39, 0.29) is 0 Å². The minimum absolute atomic E-state index is 0.302. The average molecular weight is 275 g/mol. The molecule has 1 heterocycles. The number of nitrogens with zero attached hydrogens (tertiary/aromatic N) is 1. The molecule has 1 aliphatic heterocycles. The molecule has 3 heteroatoms. The number of carbonyl (C=O) groups is 1. The van der Waals surface area contributed by atoms with Crippen LogP contribution in [-0.4, -0.2) is 34.1 Å². The second kappa shape index (κ2) is 6.40. The molecule has 0 aromatic heterocycles. The van der Waals surface area contributed by atoms with Crippen LogP contribution in [0.25, 0.3) is 0 Å². The van der Waals surface area contributed by atoms with E-state index < -0.39 is 11.5 Å². The Morgan fingerprint density at radius 3 is 2.70 bits per heavy atom. The zero-order valence-corrected chi connectivity index (χ0v) is 12.5. The van der Waals surface area contributed by atoms with Crippen molar-refractivity contribution >= 4 is 5.97 Å². The molecule has 1 N–H and O–H groups in total. The monoisotopic (exact) mass is 275 g/mol. The van der Waals surface area contributed by atoms with Crippen molar-refractivity contribution in [1.29, 1.82) is 0 Å². The van der Waals surface area contributed by atoms with Gasteiger partial charge in [-0.15, -0.1) is 0 Å². The van der Waals surface area contributed by atoms with Gasteiger partial charge in [0.2, 0.25) is 0 Å². The number of hydrogen-bond acceptors (Lipinski definition) is 2. The van der Waals surface area contributed by atoms with Crippen LogP contribution < -0.4 is 0 Å². The first-order chi connectivity index (χ1) is 9.54. The molecule has 0 radical (unpaired) electrons. The number of benzene rings is 1. The van der Waals surface area contributed by atoms with Gasteiger partial charge in [0.1, 0.15) is 5.54 Å². The van der Waals surface area contributed by atoms with Crippen molar-refractivity contribution in [2.24, 2.45) is 0 Å². The topological polar surface area (TPSA) is 40.5 Å². The maximum Gasteiger partial charge on any atom is 0.323 e. The molecule has 0 aliphatic carbocycles. The summed E-state index contributed by atoms with van der Waals surface area (Å²) in [6, 6.07) is 10.7. The highest BCUT2D eigenvalue weighted by atomic mass is 16.4. The lowest BCUT2D eigenvalue weighted by molar-refractivity contribution is -0.155. The van der Waals surface area contributed by atoms with E-state index >= 15 is 0 Å². The van der Waals surface area contributed by atoms with Gasteiger partial charge in [0.25, 0.3) is 0 Å². The second-order valence-electron chi connectivity index (χ2n) is 6.10. The third-order valence-corrected chi connectivity index (χ3v) is 4.63. The summed E-state index contributed by atoms with van der Waals surface area (Å²) in [4.78, 5) is 13.8. The SMILES string of the molecule is CC(CCc1ccccc1)N1CCCCC1(C)C(=O)O. The summed E-state index contributed by atoms with van der Waals surface area (Å²) in [6.07, 6.45) is 4.91. The molecule has 0 bridgehead atoms. The van der Waals surface area contributed by atoms with Gasteiger partial charge < -0.3 is 5.11 Å². The van der Waals surface area contributed by atoms with Crippen LogP contribution in [0.4, 0.5) is 0 Å². The Hall–Kier alpha value is -1.35. The number of rotatable bonds is 5. The van der Waals surface area contributed by atoms with Gasteiger partial charge in [0, 0.05) is 6.04 Å². The highest BCUT2D eigenvalue weighted by Gasteiger charge is 2.43. The fourth-order valence-corrected chi connectivity index (χ4v) is 3.25. The number of carboxylic acids is 1. The van der Waals surface area contributed by atoms with Crippen LogP contribution in [0.2, 0.25) is 0 Å². The quantitative estimate of drug-likeness (QED) is 0.896. The van der Waals surface area contributed by atoms with Crippen LogP contribution in [-0.2, 0) is 11.2 Å². The molecular formula is C17H25NO2. The standard InChI is InChI=1S/C17H25NO2/c1-14(10-11-15-8-4-3-5-9-15)18-13-7-6-12-17(18,2)16(19)20/h3-5,8-9,14H,6-7,10-13H2,1-2H3,(H,19,20). The number of piperidine rings is 1. The van der Waals surface area contributed by atoms with Gasteiger partial charge >= 0.3 is 5.97 Å². The number of aryl methyl sites for hydroxylation is 1. The summed E-state index contributed by atoms with van der Waals surface area (Å²) in [7, 11) is 0. The number of carboxylic acid groups (broad SMARTS) is 1. The van der Waals surface area contributed by atoms with E-state index in [1.54, 1.807) is 0 Å². The van der Waals surface area contributed by atoms with Crippen LogP contribution in [0.3, 0.4) is 0 Å². The lowest BCUT2D eigenvalue weighted by Gasteiger charge is -2.45. The maximum atomic E-state index is 11.6. The zero-order chi connectivity index (χ0) is 14.6. The van der Waals surface area contributed by atoms with Crippen molar-refractivity contribution in [3.8, 4) is 0 Å². The number of hydrogen-bond donors (Lipinski definition) is 1. The third kappa shape index (κ3) is 3.21. The fourth-order valence-electron chi connectivity index (χ4n) is 3.25. The lowest BCUT2D eigenvalue weighted by Crippen LogP contribution is -2.58. The molecular weight excluding hydrogens is 250 g/mol. The van der Waals surface area contributed by atoms with Crippen molar-refractivity contribution < 1.29 is 9.90 Å². The van der Waals surface area contributed by atoms with Gasteiger partial charge in [-0.1, -0.05) is 30.3 Å². The van der Waals surface area contributed by atoms with E-state index in [1.165, 1.54) is 5.56 Å². The van der Waals surface area contributed by atoms with E-state index in [0.717, 1.165) is 38.6 Å². The molecule has 3 nitrogen and oxygen atoms in total. The molecule has 0 amide bonds. The Balaban J connectivity index is 1.99. The van der Waals surface area contributed by atoms with E-state index in [1.807, 2.05) is 13.0 Å². The fraction of sp³-hybridized carbons (Fsp3) is 0.588. The maximum absolute atomic E-state index is 11.6. The molecule has 1 fully saturated rings. The molecule has 1 aliphatic rings. The number of aliphatic carboxylic acids is 1. The molecule has 110 valence electrons. The Labute approximate surface area is 121 Å². The first-order valence-electron chi connectivity index (χ1n) is 7.58. The van der Waals surface area contributed by atoms with Gasteiger partial charge in [0.15, 0.2) is 0 Å². The molecule has 0 spiro atoms. The highest BCUT2D eigenvalue weighted by Crippen LogP contribution is 2.31. The van der Waals surface area contributed by atoms with E-state index in [0.29, 0.717) is 6.04 Å². The number of likely N-dealkylation sites (tertiary alicyclic amines) is 1. The van der Waals surface area contributed by atoms with Crippen LogP contribution in [0.1, 0.15) is 45.1 Å². The van der Waals surface area contributed by atoms with Crippen molar-refractivity contribution in [1.82, 2.24) is 4.90 Å². The highest BCUT2D eigenvalue weighted by molar-refractivity contribution is 5.78. The average Bonchev–Trinajstić information content (AvgIpc) is 2.46. The summed E-state index contributed by atoms with van der Waals surface area (Å²) >= 11 is 0.